The van der Waals surface area contributed by atoms with Crippen LogP contribution in [0.1, 0.15) is 49.9 Å². The number of carbonyl (C=O) groups excluding carboxylic acids is 1. The van der Waals surface area contributed by atoms with E-state index in [1.165, 1.54) is 0 Å². The first-order chi connectivity index (χ1) is 10.0. The van der Waals surface area contributed by atoms with Crippen molar-refractivity contribution < 1.29 is 14.6 Å². The summed E-state index contributed by atoms with van der Waals surface area (Å²) in [7, 11) is 0. The third-order valence-electron chi connectivity index (χ3n) is 4.42. The van der Waals surface area contributed by atoms with Crippen molar-refractivity contribution in [1.82, 2.24) is 4.90 Å². The molecule has 0 aromatic heterocycles. The lowest BCUT2D eigenvalue weighted by Gasteiger charge is -2.37. The highest BCUT2D eigenvalue weighted by Crippen LogP contribution is 2.36. The van der Waals surface area contributed by atoms with E-state index in [2.05, 4.69) is 0 Å². The first-order valence-corrected chi connectivity index (χ1v) is 7.82. The fourth-order valence-electron chi connectivity index (χ4n) is 3.58. The van der Waals surface area contributed by atoms with Gasteiger partial charge in [-0.05, 0) is 63.8 Å². The van der Waals surface area contributed by atoms with Crippen molar-refractivity contribution in [2.24, 2.45) is 0 Å². The standard InChI is InChI=1S/C17H23NO3/c1-11(2)21-16-7-3-12(4-8-16)17(20)18-13-5-6-14(18)10-15(19)9-13/h3-4,7-8,11,13-15,19H,5-6,9-10H2,1-2H3. The molecule has 2 saturated heterocycles. The van der Waals surface area contributed by atoms with Gasteiger partial charge in [-0.15, -0.1) is 0 Å². The van der Waals surface area contributed by atoms with E-state index in [-0.39, 0.29) is 30.2 Å². The number of piperidine rings is 1. The molecule has 0 saturated carbocycles. The van der Waals surface area contributed by atoms with Crippen LogP contribution in [-0.2, 0) is 0 Å². The number of ether oxygens (including phenoxy) is 1. The van der Waals surface area contributed by atoms with Gasteiger partial charge in [-0.2, -0.15) is 0 Å². The van der Waals surface area contributed by atoms with E-state index in [4.69, 9.17) is 4.74 Å². The molecule has 1 amide bonds. The van der Waals surface area contributed by atoms with Crippen LogP contribution in [0.15, 0.2) is 24.3 Å². The van der Waals surface area contributed by atoms with Crippen LogP contribution in [0.4, 0.5) is 0 Å². The average Bonchev–Trinajstić information content (AvgIpc) is 2.70. The fraction of sp³-hybridized carbons (Fsp3) is 0.588. The lowest BCUT2D eigenvalue weighted by Crippen LogP contribution is -2.47. The second-order valence-corrected chi connectivity index (χ2v) is 6.41. The topological polar surface area (TPSA) is 49.8 Å². The van der Waals surface area contributed by atoms with Crippen LogP contribution in [0, 0.1) is 0 Å². The average molecular weight is 289 g/mol. The van der Waals surface area contributed by atoms with Crippen LogP contribution >= 0.6 is 0 Å². The highest BCUT2D eigenvalue weighted by atomic mass is 16.5. The van der Waals surface area contributed by atoms with Crippen molar-refractivity contribution >= 4 is 5.91 Å². The van der Waals surface area contributed by atoms with E-state index < -0.39 is 0 Å². The highest BCUT2D eigenvalue weighted by Gasteiger charge is 2.42. The van der Waals surface area contributed by atoms with Gasteiger partial charge in [0, 0.05) is 17.6 Å². The molecule has 4 heteroatoms. The van der Waals surface area contributed by atoms with Crippen LogP contribution in [0.2, 0.25) is 0 Å². The zero-order valence-electron chi connectivity index (χ0n) is 12.7. The molecule has 4 nitrogen and oxygen atoms in total. The van der Waals surface area contributed by atoms with Gasteiger partial charge in [-0.1, -0.05) is 0 Å². The van der Waals surface area contributed by atoms with Gasteiger partial charge in [0.1, 0.15) is 5.75 Å². The van der Waals surface area contributed by atoms with Gasteiger partial charge in [0.2, 0.25) is 0 Å². The summed E-state index contributed by atoms with van der Waals surface area (Å²) in [6.07, 6.45) is 3.36. The molecule has 2 aliphatic heterocycles. The Bertz CT molecular complexity index is 497. The van der Waals surface area contributed by atoms with Gasteiger partial charge >= 0.3 is 0 Å². The lowest BCUT2D eigenvalue weighted by molar-refractivity contribution is 0.0287. The van der Waals surface area contributed by atoms with Crippen LogP contribution in [0.25, 0.3) is 0 Å². The molecule has 2 aliphatic rings. The Kier molecular flexibility index (Phi) is 3.89. The minimum Gasteiger partial charge on any atom is -0.491 e. The SMILES string of the molecule is CC(C)Oc1ccc(C(=O)N2C3CCC2CC(O)C3)cc1. The molecule has 3 rings (SSSR count). The van der Waals surface area contributed by atoms with Gasteiger partial charge in [-0.25, -0.2) is 0 Å². The van der Waals surface area contributed by atoms with Crippen molar-refractivity contribution in [3.63, 3.8) is 0 Å². The zero-order chi connectivity index (χ0) is 15.0. The molecule has 2 heterocycles. The summed E-state index contributed by atoms with van der Waals surface area (Å²) in [4.78, 5) is 14.7. The van der Waals surface area contributed by atoms with Crippen LogP contribution in [0.3, 0.4) is 0 Å². The first kappa shape index (κ1) is 14.4. The molecule has 2 fully saturated rings. The lowest BCUT2D eigenvalue weighted by atomic mass is 9.98. The third kappa shape index (κ3) is 2.91. The molecule has 2 atom stereocenters. The summed E-state index contributed by atoms with van der Waals surface area (Å²) in [6.45, 7) is 3.96. The highest BCUT2D eigenvalue weighted by molar-refractivity contribution is 5.95. The fourth-order valence-corrected chi connectivity index (χ4v) is 3.58. The number of rotatable bonds is 3. The second-order valence-electron chi connectivity index (χ2n) is 6.41. The summed E-state index contributed by atoms with van der Waals surface area (Å²) in [6, 6.07) is 7.80. The molecule has 114 valence electrons. The molecule has 1 N–H and O–H groups in total. The van der Waals surface area contributed by atoms with E-state index in [0.29, 0.717) is 5.56 Å². The summed E-state index contributed by atoms with van der Waals surface area (Å²) >= 11 is 0. The molecule has 0 aliphatic carbocycles. The van der Waals surface area contributed by atoms with E-state index in [1.807, 2.05) is 43.0 Å². The number of carbonyl (C=O) groups is 1. The number of hydrogen-bond acceptors (Lipinski definition) is 3. The minimum absolute atomic E-state index is 0.0884. The Morgan fingerprint density at radius 2 is 1.76 bits per heavy atom. The first-order valence-electron chi connectivity index (χ1n) is 7.82. The van der Waals surface area contributed by atoms with Crippen molar-refractivity contribution in [2.75, 3.05) is 0 Å². The predicted molar refractivity (Wildman–Crippen MR) is 80.4 cm³/mol. The Morgan fingerprint density at radius 3 is 2.29 bits per heavy atom. The number of aliphatic hydroxyl groups excluding tert-OH is 1. The predicted octanol–water partition coefficient (Wildman–Crippen LogP) is 2.60. The monoisotopic (exact) mass is 289 g/mol. The molecule has 0 spiro atoms. The molecular weight excluding hydrogens is 266 g/mol. The summed E-state index contributed by atoms with van der Waals surface area (Å²) in [5.41, 5.74) is 0.708. The Morgan fingerprint density at radius 1 is 1.19 bits per heavy atom. The maximum atomic E-state index is 12.7. The summed E-state index contributed by atoms with van der Waals surface area (Å²) < 4.78 is 5.61. The van der Waals surface area contributed by atoms with Gasteiger partial charge in [-0.3, -0.25) is 4.79 Å². The third-order valence-corrected chi connectivity index (χ3v) is 4.42. The van der Waals surface area contributed by atoms with E-state index >= 15 is 0 Å². The molecular formula is C17H23NO3. The number of benzene rings is 1. The minimum atomic E-state index is -0.242. The molecule has 21 heavy (non-hydrogen) atoms. The van der Waals surface area contributed by atoms with Crippen LogP contribution < -0.4 is 4.74 Å². The molecule has 1 aromatic carbocycles. The van der Waals surface area contributed by atoms with Crippen molar-refractivity contribution in [1.29, 1.82) is 0 Å². The smallest absolute Gasteiger partial charge is 0.254 e. The van der Waals surface area contributed by atoms with Crippen LogP contribution in [0.5, 0.6) is 5.75 Å². The number of fused-ring (bicyclic) bond motifs is 2. The summed E-state index contributed by atoms with van der Waals surface area (Å²) in [5.74, 6) is 0.879. The largest absolute Gasteiger partial charge is 0.491 e. The van der Waals surface area contributed by atoms with Crippen LogP contribution in [-0.4, -0.2) is 40.2 Å². The zero-order valence-corrected chi connectivity index (χ0v) is 12.7. The van der Waals surface area contributed by atoms with E-state index in [1.54, 1.807) is 0 Å². The molecule has 2 bridgehead atoms. The van der Waals surface area contributed by atoms with Gasteiger partial charge < -0.3 is 14.7 Å². The quantitative estimate of drug-likeness (QED) is 0.930. The van der Waals surface area contributed by atoms with E-state index in [0.717, 1.165) is 31.4 Å². The number of aliphatic hydroxyl groups is 1. The second kappa shape index (κ2) is 5.68. The Labute approximate surface area is 125 Å². The maximum absolute atomic E-state index is 12.7. The summed E-state index contributed by atoms with van der Waals surface area (Å²) in [5, 5.41) is 9.83. The maximum Gasteiger partial charge on any atom is 0.254 e. The number of hydrogen-bond donors (Lipinski definition) is 1. The van der Waals surface area contributed by atoms with Crippen molar-refractivity contribution in [3.8, 4) is 5.75 Å². The Hall–Kier alpha value is -1.55. The van der Waals surface area contributed by atoms with Crippen molar-refractivity contribution in [2.45, 2.75) is 63.8 Å². The van der Waals surface area contributed by atoms with E-state index in [9.17, 15) is 9.90 Å². The normalized spacial score (nSPS) is 28.0. The number of amides is 1. The van der Waals surface area contributed by atoms with Crippen molar-refractivity contribution in [3.05, 3.63) is 29.8 Å². The molecule has 0 radical (unpaired) electrons. The van der Waals surface area contributed by atoms with Gasteiger partial charge in [0.25, 0.3) is 5.91 Å². The van der Waals surface area contributed by atoms with Gasteiger partial charge in [0.05, 0.1) is 12.2 Å². The van der Waals surface area contributed by atoms with Gasteiger partial charge in [0.15, 0.2) is 0 Å². The molecule has 2 unspecified atom stereocenters. The molecule has 1 aromatic rings. The Balaban J connectivity index is 1.73. The number of nitrogens with zero attached hydrogens (tertiary/aromatic N) is 1.